The number of amides is 1. The lowest BCUT2D eigenvalue weighted by molar-refractivity contribution is 0.0137. The number of fused-ring (bicyclic) bond motifs is 1. The van der Waals surface area contributed by atoms with Crippen molar-refractivity contribution in [2.24, 2.45) is 4.99 Å². The van der Waals surface area contributed by atoms with Crippen LogP contribution in [0.15, 0.2) is 23.2 Å². The number of benzene rings is 1. The molecule has 178 valence electrons. The molecule has 2 atom stereocenters. The fraction of sp³-hybridized carbons (Fsp3) is 0.652. The molecule has 0 radical (unpaired) electrons. The van der Waals surface area contributed by atoms with Crippen LogP contribution in [-0.2, 0) is 16.0 Å². The number of carbonyl (C=O) groups is 1. The summed E-state index contributed by atoms with van der Waals surface area (Å²) in [4.78, 5) is 21.2. The number of carbonyl (C=O) groups excluding carboxylic acids is 1. The highest BCUT2D eigenvalue weighted by Gasteiger charge is 2.36. The zero-order valence-corrected chi connectivity index (χ0v) is 21.8. The molecule has 0 bridgehead atoms. The molecule has 2 unspecified atom stereocenters. The van der Waals surface area contributed by atoms with E-state index in [9.17, 15) is 4.79 Å². The van der Waals surface area contributed by atoms with Crippen LogP contribution in [0.25, 0.3) is 0 Å². The number of rotatable bonds is 4. The molecular formula is C23H35IN4O4. The van der Waals surface area contributed by atoms with Crippen molar-refractivity contribution in [1.82, 2.24) is 15.1 Å². The molecule has 0 spiro atoms. The summed E-state index contributed by atoms with van der Waals surface area (Å²) < 4.78 is 17.2. The van der Waals surface area contributed by atoms with Gasteiger partial charge in [-0.25, -0.2) is 4.79 Å². The zero-order chi connectivity index (χ0) is 22.0. The van der Waals surface area contributed by atoms with Crippen molar-refractivity contribution in [3.8, 4) is 5.75 Å². The molecule has 3 heterocycles. The molecule has 3 aliphatic rings. The molecule has 0 saturated carbocycles. The number of guanidine groups is 1. The standard InChI is InChI=1S/C23H34N4O4.HI/c1-16-5-6-17(20(11-16)30-19-7-10-29-15-19)12-24-21-25-13-18-14-26(8-9-27(18)21)22(28)31-23(2,3)4;/h5-6,11,18-19H,7-10,12-15H2,1-4H3,(H,24,25);1H. The van der Waals surface area contributed by atoms with Crippen LogP contribution in [0, 0.1) is 6.92 Å². The van der Waals surface area contributed by atoms with Crippen LogP contribution >= 0.6 is 24.0 Å². The van der Waals surface area contributed by atoms with Crippen LogP contribution in [0.2, 0.25) is 0 Å². The Balaban J connectivity index is 0.00000289. The molecule has 0 aromatic heterocycles. The van der Waals surface area contributed by atoms with Crippen molar-refractivity contribution in [2.45, 2.75) is 58.4 Å². The van der Waals surface area contributed by atoms with Crippen LogP contribution in [0.3, 0.4) is 0 Å². The van der Waals surface area contributed by atoms with E-state index >= 15 is 0 Å². The fourth-order valence-corrected chi connectivity index (χ4v) is 4.10. The number of aliphatic imine (C=N–C) groups is 1. The maximum Gasteiger partial charge on any atom is 0.410 e. The second-order valence-electron chi connectivity index (χ2n) is 9.51. The molecule has 2 fully saturated rings. The van der Waals surface area contributed by atoms with E-state index in [0.717, 1.165) is 36.8 Å². The Kier molecular flexibility index (Phi) is 8.13. The Labute approximate surface area is 207 Å². The fourth-order valence-electron chi connectivity index (χ4n) is 4.10. The Hall–Kier alpha value is -1.75. The van der Waals surface area contributed by atoms with Crippen LogP contribution in [0.4, 0.5) is 4.79 Å². The third-order valence-corrected chi connectivity index (χ3v) is 5.70. The lowest BCUT2D eigenvalue weighted by atomic mass is 10.1. The summed E-state index contributed by atoms with van der Waals surface area (Å²) in [7, 11) is 0. The molecule has 0 aliphatic carbocycles. The highest BCUT2D eigenvalue weighted by atomic mass is 127. The first-order chi connectivity index (χ1) is 14.8. The van der Waals surface area contributed by atoms with Gasteiger partial charge in [-0.1, -0.05) is 12.1 Å². The van der Waals surface area contributed by atoms with Gasteiger partial charge in [0.2, 0.25) is 0 Å². The maximum absolute atomic E-state index is 12.4. The topological polar surface area (TPSA) is 75.6 Å². The number of hydrogen-bond acceptors (Lipinski definition) is 7. The van der Waals surface area contributed by atoms with E-state index in [1.807, 2.05) is 20.8 Å². The predicted molar refractivity (Wildman–Crippen MR) is 134 cm³/mol. The molecule has 9 heteroatoms. The first-order valence-corrected chi connectivity index (χ1v) is 11.2. The Bertz CT molecular complexity index is 836. The van der Waals surface area contributed by atoms with Gasteiger partial charge in [-0.2, -0.15) is 0 Å². The molecule has 1 N–H and O–H groups in total. The quantitative estimate of drug-likeness (QED) is 0.573. The largest absolute Gasteiger partial charge is 0.488 e. The second kappa shape index (κ2) is 10.5. The second-order valence-corrected chi connectivity index (χ2v) is 9.51. The molecule has 1 aromatic carbocycles. The van der Waals surface area contributed by atoms with Crippen molar-refractivity contribution in [2.75, 3.05) is 39.4 Å². The Morgan fingerprint density at radius 1 is 1.31 bits per heavy atom. The lowest BCUT2D eigenvalue weighted by Gasteiger charge is -2.39. The van der Waals surface area contributed by atoms with Gasteiger partial charge in [0.25, 0.3) is 0 Å². The number of ether oxygens (including phenoxy) is 3. The maximum atomic E-state index is 12.4. The molecule has 8 nitrogen and oxygen atoms in total. The number of hydrogen-bond donors (Lipinski definition) is 1. The van der Waals surface area contributed by atoms with Gasteiger partial charge in [-0.3, -0.25) is 4.99 Å². The first kappa shape index (κ1) is 24.9. The number of piperazine rings is 1. The third kappa shape index (κ3) is 6.18. The molecule has 32 heavy (non-hydrogen) atoms. The average molecular weight is 558 g/mol. The number of aryl methyl sites for hydroxylation is 1. The predicted octanol–water partition coefficient (Wildman–Crippen LogP) is 3.16. The van der Waals surface area contributed by atoms with E-state index in [2.05, 4.69) is 35.3 Å². The van der Waals surface area contributed by atoms with E-state index in [0.29, 0.717) is 32.8 Å². The molecule has 4 rings (SSSR count). The van der Waals surface area contributed by atoms with E-state index in [4.69, 9.17) is 19.2 Å². The first-order valence-electron chi connectivity index (χ1n) is 11.2. The smallest absolute Gasteiger partial charge is 0.410 e. The lowest BCUT2D eigenvalue weighted by Crippen LogP contribution is -2.57. The van der Waals surface area contributed by atoms with Crippen LogP contribution in [-0.4, -0.2) is 79.0 Å². The summed E-state index contributed by atoms with van der Waals surface area (Å²) in [6.07, 6.45) is 0.803. The average Bonchev–Trinajstić information content (AvgIpc) is 3.35. The number of nitrogens with zero attached hydrogens (tertiary/aromatic N) is 3. The van der Waals surface area contributed by atoms with Gasteiger partial charge < -0.3 is 29.3 Å². The summed E-state index contributed by atoms with van der Waals surface area (Å²) in [5, 5.41) is 3.49. The highest BCUT2D eigenvalue weighted by Crippen LogP contribution is 2.25. The van der Waals surface area contributed by atoms with Gasteiger partial charge in [0.1, 0.15) is 17.5 Å². The van der Waals surface area contributed by atoms with Crippen molar-refractivity contribution in [3.05, 3.63) is 29.3 Å². The molecule has 1 amide bonds. The SMILES string of the molecule is Cc1ccc(CNC2=NCC3CN(C(=O)OC(C)(C)C)CCN23)c(OC2CCOC2)c1.I. The van der Waals surface area contributed by atoms with Gasteiger partial charge >= 0.3 is 6.09 Å². The van der Waals surface area contributed by atoms with Crippen molar-refractivity contribution in [1.29, 1.82) is 0 Å². The van der Waals surface area contributed by atoms with Crippen molar-refractivity contribution >= 4 is 36.0 Å². The van der Waals surface area contributed by atoms with E-state index < -0.39 is 5.60 Å². The minimum absolute atomic E-state index is 0. The molecule has 1 aromatic rings. The van der Waals surface area contributed by atoms with E-state index in [1.54, 1.807) is 4.90 Å². The minimum Gasteiger partial charge on any atom is -0.488 e. The normalized spacial score (nSPS) is 22.7. The molecule has 2 saturated heterocycles. The van der Waals surface area contributed by atoms with Gasteiger partial charge in [-0.05, 0) is 39.3 Å². The van der Waals surface area contributed by atoms with Crippen LogP contribution in [0.5, 0.6) is 5.75 Å². The Morgan fingerprint density at radius 3 is 2.84 bits per heavy atom. The number of halogens is 1. The molecular weight excluding hydrogens is 523 g/mol. The summed E-state index contributed by atoms with van der Waals surface area (Å²) in [6, 6.07) is 6.50. The third-order valence-electron chi connectivity index (χ3n) is 5.70. The number of nitrogens with one attached hydrogen (secondary N) is 1. The van der Waals surface area contributed by atoms with Crippen LogP contribution < -0.4 is 10.1 Å². The highest BCUT2D eigenvalue weighted by molar-refractivity contribution is 14.0. The summed E-state index contributed by atoms with van der Waals surface area (Å²) in [5.74, 6) is 1.80. The zero-order valence-electron chi connectivity index (χ0n) is 19.4. The summed E-state index contributed by atoms with van der Waals surface area (Å²) in [5.41, 5.74) is 1.80. The van der Waals surface area contributed by atoms with E-state index in [-0.39, 0.29) is 42.2 Å². The summed E-state index contributed by atoms with van der Waals surface area (Å²) >= 11 is 0. The van der Waals surface area contributed by atoms with Gasteiger partial charge in [0.05, 0.1) is 25.8 Å². The molecule has 3 aliphatic heterocycles. The monoisotopic (exact) mass is 558 g/mol. The van der Waals surface area contributed by atoms with Gasteiger partial charge in [-0.15, -0.1) is 24.0 Å². The van der Waals surface area contributed by atoms with Crippen molar-refractivity contribution in [3.63, 3.8) is 0 Å². The summed E-state index contributed by atoms with van der Waals surface area (Å²) in [6.45, 7) is 12.5. The van der Waals surface area contributed by atoms with Gasteiger partial charge in [0, 0.05) is 38.2 Å². The van der Waals surface area contributed by atoms with Gasteiger partial charge in [0.15, 0.2) is 5.96 Å². The minimum atomic E-state index is -0.481. The van der Waals surface area contributed by atoms with E-state index in [1.165, 1.54) is 5.56 Å². The Morgan fingerprint density at radius 2 is 2.12 bits per heavy atom. The van der Waals surface area contributed by atoms with Crippen molar-refractivity contribution < 1.29 is 19.0 Å². The van der Waals surface area contributed by atoms with Crippen LogP contribution in [0.1, 0.15) is 38.3 Å².